The average Bonchev–Trinajstić information content (AvgIpc) is 3.21. The van der Waals surface area contributed by atoms with E-state index >= 15 is 0 Å². The fraction of sp³-hybridized carbons (Fsp3) is 0.562. The van der Waals surface area contributed by atoms with E-state index in [0.717, 1.165) is 32.4 Å². The zero-order valence-corrected chi connectivity index (χ0v) is 13.8. The number of anilines is 1. The molecule has 1 saturated carbocycles. The van der Waals surface area contributed by atoms with Crippen molar-refractivity contribution in [2.45, 2.75) is 19.3 Å². The van der Waals surface area contributed by atoms with Crippen LogP contribution >= 0.6 is 12.4 Å². The summed E-state index contributed by atoms with van der Waals surface area (Å²) < 4.78 is 10.5. The molecule has 1 unspecified atom stereocenters. The Morgan fingerprint density at radius 3 is 2.64 bits per heavy atom. The summed E-state index contributed by atoms with van der Waals surface area (Å²) in [6, 6.07) is 5.43. The van der Waals surface area contributed by atoms with Crippen LogP contribution in [0.5, 0.6) is 11.5 Å². The average molecular weight is 327 g/mol. The van der Waals surface area contributed by atoms with Crippen LogP contribution in [0.15, 0.2) is 18.2 Å². The van der Waals surface area contributed by atoms with Crippen molar-refractivity contribution in [1.29, 1.82) is 0 Å². The fourth-order valence-electron chi connectivity index (χ4n) is 3.33. The van der Waals surface area contributed by atoms with E-state index in [0.29, 0.717) is 17.2 Å². The van der Waals surface area contributed by atoms with Gasteiger partial charge in [-0.1, -0.05) is 0 Å². The summed E-state index contributed by atoms with van der Waals surface area (Å²) >= 11 is 0. The summed E-state index contributed by atoms with van der Waals surface area (Å²) in [5.74, 6) is 1.60. The zero-order chi connectivity index (χ0) is 14.9. The molecule has 1 aliphatic carbocycles. The first-order chi connectivity index (χ1) is 10.2. The number of amides is 1. The van der Waals surface area contributed by atoms with E-state index in [9.17, 15) is 4.79 Å². The smallest absolute Gasteiger partial charge is 0.228 e. The van der Waals surface area contributed by atoms with E-state index in [1.165, 1.54) is 0 Å². The van der Waals surface area contributed by atoms with E-state index in [1.807, 2.05) is 12.1 Å². The number of rotatable bonds is 4. The predicted molar refractivity (Wildman–Crippen MR) is 88.1 cm³/mol. The van der Waals surface area contributed by atoms with E-state index in [-0.39, 0.29) is 29.6 Å². The normalized spacial score (nSPS) is 21.6. The van der Waals surface area contributed by atoms with Crippen LogP contribution in [0.2, 0.25) is 0 Å². The second-order valence-corrected chi connectivity index (χ2v) is 5.92. The number of methoxy groups -OCH3 is 2. The molecule has 0 bridgehead atoms. The molecule has 1 heterocycles. The second kappa shape index (κ2) is 6.75. The lowest BCUT2D eigenvalue weighted by Crippen LogP contribution is -2.31. The Labute approximate surface area is 137 Å². The lowest BCUT2D eigenvalue weighted by atomic mass is 9.92. The molecule has 22 heavy (non-hydrogen) atoms. The molecule has 122 valence electrons. The van der Waals surface area contributed by atoms with E-state index in [2.05, 4.69) is 10.6 Å². The highest BCUT2D eigenvalue weighted by molar-refractivity contribution is 5.96. The third-order valence-corrected chi connectivity index (χ3v) is 4.77. The highest BCUT2D eigenvalue weighted by Crippen LogP contribution is 2.58. The van der Waals surface area contributed by atoms with Crippen molar-refractivity contribution in [3.05, 3.63) is 18.2 Å². The monoisotopic (exact) mass is 326 g/mol. The molecule has 3 rings (SSSR count). The molecule has 2 fully saturated rings. The number of ether oxygens (including phenoxy) is 2. The van der Waals surface area contributed by atoms with Gasteiger partial charge >= 0.3 is 0 Å². The fourth-order valence-corrected chi connectivity index (χ4v) is 3.33. The van der Waals surface area contributed by atoms with Crippen LogP contribution in [-0.2, 0) is 4.79 Å². The van der Waals surface area contributed by atoms with Crippen molar-refractivity contribution in [2.75, 3.05) is 32.6 Å². The van der Waals surface area contributed by atoms with Gasteiger partial charge in [0.2, 0.25) is 5.91 Å². The topological polar surface area (TPSA) is 59.6 Å². The van der Waals surface area contributed by atoms with Gasteiger partial charge in [-0.3, -0.25) is 4.79 Å². The number of halogens is 1. The van der Waals surface area contributed by atoms with Gasteiger partial charge in [-0.15, -0.1) is 12.4 Å². The number of hydrogen-bond donors (Lipinski definition) is 2. The summed E-state index contributed by atoms with van der Waals surface area (Å²) in [4.78, 5) is 12.5. The van der Waals surface area contributed by atoms with E-state index < -0.39 is 0 Å². The Kier molecular flexibility index (Phi) is 5.19. The van der Waals surface area contributed by atoms with Crippen LogP contribution in [0.1, 0.15) is 19.3 Å². The van der Waals surface area contributed by atoms with E-state index in [4.69, 9.17) is 9.47 Å². The quantitative estimate of drug-likeness (QED) is 0.892. The molecule has 1 saturated heterocycles. The minimum absolute atomic E-state index is 0. The van der Waals surface area contributed by atoms with Crippen LogP contribution in [0, 0.1) is 11.3 Å². The molecule has 2 aliphatic rings. The molecule has 1 spiro atoms. The molecular formula is C16H23ClN2O3. The molecule has 0 radical (unpaired) electrons. The number of nitrogens with one attached hydrogen (secondary N) is 2. The molecule has 6 heteroatoms. The van der Waals surface area contributed by atoms with Gasteiger partial charge in [0.15, 0.2) is 0 Å². The van der Waals surface area contributed by atoms with Gasteiger partial charge in [0, 0.05) is 12.0 Å². The third-order valence-electron chi connectivity index (χ3n) is 4.77. The van der Waals surface area contributed by atoms with Gasteiger partial charge in [-0.2, -0.15) is 0 Å². The summed E-state index contributed by atoms with van der Waals surface area (Å²) in [6.45, 7) is 2.04. The molecule has 5 nitrogen and oxygen atoms in total. The van der Waals surface area contributed by atoms with Crippen LogP contribution in [-0.4, -0.2) is 33.2 Å². The highest BCUT2D eigenvalue weighted by atomic mass is 35.5. The molecular weight excluding hydrogens is 304 g/mol. The standard InChI is InChI=1S/C16H22N2O3.ClH/c1-20-11-3-4-14(21-2)13(9-11)18-15(19)12-10-16(12)5-7-17-8-6-16;/h3-4,9,12,17H,5-8,10H2,1-2H3,(H,18,19);1H. The van der Waals surface area contributed by atoms with Crippen molar-refractivity contribution in [2.24, 2.45) is 11.3 Å². The first kappa shape index (κ1) is 16.9. The maximum Gasteiger partial charge on any atom is 0.228 e. The first-order valence-corrected chi connectivity index (χ1v) is 7.42. The predicted octanol–water partition coefficient (Wildman–Crippen LogP) is 2.45. The Balaban J connectivity index is 0.00000176. The van der Waals surface area contributed by atoms with Gasteiger partial charge < -0.3 is 20.1 Å². The largest absolute Gasteiger partial charge is 0.497 e. The van der Waals surface area contributed by atoms with Crippen LogP contribution in [0.25, 0.3) is 0 Å². The highest BCUT2D eigenvalue weighted by Gasteiger charge is 2.57. The molecule has 1 amide bonds. The van der Waals surface area contributed by atoms with Crippen molar-refractivity contribution in [3.8, 4) is 11.5 Å². The minimum Gasteiger partial charge on any atom is -0.497 e. The summed E-state index contributed by atoms with van der Waals surface area (Å²) in [7, 11) is 3.21. The number of piperidine rings is 1. The molecule has 0 aromatic heterocycles. The first-order valence-electron chi connectivity index (χ1n) is 7.42. The van der Waals surface area contributed by atoms with Gasteiger partial charge in [-0.25, -0.2) is 0 Å². The maximum absolute atomic E-state index is 12.5. The molecule has 2 N–H and O–H groups in total. The molecule has 1 aromatic rings. The summed E-state index contributed by atoms with van der Waals surface area (Å²) in [5.41, 5.74) is 0.916. The molecule has 1 aliphatic heterocycles. The lowest BCUT2D eigenvalue weighted by molar-refractivity contribution is -0.118. The van der Waals surface area contributed by atoms with Crippen molar-refractivity contribution in [1.82, 2.24) is 5.32 Å². The van der Waals surface area contributed by atoms with Gasteiger partial charge in [0.25, 0.3) is 0 Å². The van der Waals surface area contributed by atoms with E-state index in [1.54, 1.807) is 20.3 Å². The number of benzene rings is 1. The lowest BCUT2D eigenvalue weighted by Gasteiger charge is -2.23. The Morgan fingerprint density at radius 2 is 2.00 bits per heavy atom. The molecule has 1 aromatic carbocycles. The maximum atomic E-state index is 12.5. The van der Waals surface area contributed by atoms with Crippen molar-refractivity contribution >= 4 is 24.0 Å². The van der Waals surface area contributed by atoms with Gasteiger partial charge in [0.05, 0.1) is 19.9 Å². The molecule has 1 atom stereocenters. The van der Waals surface area contributed by atoms with Crippen molar-refractivity contribution < 1.29 is 14.3 Å². The number of carbonyl (C=O) groups is 1. The van der Waals surface area contributed by atoms with Gasteiger partial charge in [0.1, 0.15) is 11.5 Å². The third kappa shape index (κ3) is 3.15. The van der Waals surface area contributed by atoms with Gasteiger partial charge in [-0.05, 0) is 49.9 Å². The second-order valence-electron chi connectivity index (χ2n) is 5.92. The Bertz CT molecular complexity index is 544. The number of carbonyl (C=O) groups excluding carboxylic acids is 1. The summed E-state index contributed by atoms with van der Waals surface area (Å²) in [6.07, 6.45) is 3.20. The summed E-state index contributed by atoms with van der Waals surface area (Å²) in [5, 5.41) is 6.36. The minimum atomic E-state index is 0. The van der Waals surface area contributed by atoms with Crippen LogP contribution in [0.4, 0.5) is 5.69 Å². The van der Waals surface area contributed by atoms with Crippen LogP contribution in [0.3, 0.4) is 0 Å². The van der Waals surface area contributed by atoms with Crippen molar-refractivity contribution in [3.63, 3.8) is 0 Å². The number of hydrogen-bond acceptors (Lipinski definition) is 4. The Hall–Kier alpha value is -1.46. The van der Waals surface area contributed by atoms with Crippen LogP contribution < -0.4 is 20.1 Å². The zero-order valence-electron chi connectivity index (χ0n) is 13.0. The SMILES string of the molecule is COc1ccc(OC)c(NC(=O)C2CC23CCNCC3)c1.Cl. The Morgan fingerprint density at radius 1 is 1.27 bits per heavy atom.